The fourth-order valence-electron chi connectivity index (χ4n) is 3.94. The third-order valence-electron chi connectivity index (χ3n) is 4.87. The minimum Gasteiger partial charge on any atom is -0.367 e. The largest absolute Gasteiger partial charge is 0.367 e. The Morgan fingerprint density at radius 2 is 2.21 bits per heavy atom. The van der Waals surface area contributed by atoms with Crippen LogP contribution in [0.5, 0.6) is 0 Å². The summed E-state index contributed by atoms with van der Waals surface area (Å²) in [5.41, 5.74) is 0. The van der Waals surface area contributed by atoms with E-state index in [9.17, 15) is 0 Å². The quantitative estimate of drug-likeness (QED) is 0.850. The first-order chi connectivity index (χ1) is 9.15. The molecule has 4 heteroatoms. The Kier molecular flexibility index (Phi) is 3.79. The summed E-state index contributed by atoms with van der Waals surface area (Å²) in [6.45, 7) is 4.40. The molecule has 0 saturated heterocycles. The van der Waals surface area contributed by atoms with E-state index < -0.39 is 0 Å². The Labute approximate surface area is 123 Å². The molecule has 1 aromatic rings. The molecule has 4 atom stereocenters. The van der Waals surface area contributed by atoms with Crippen LogP contribution in [0.1, 0.15) is 45.4 Å². The fourth-order valence-corrected chi connectivity index (χ4v) is 4.36. The van der Waals surface area contributed by atoms with Gasteiger partial charge < -0.3 is 5.32 Å². The van der Waals surface area contributed by atoms with Crippen molar-refractivity contribution in [3.63, 3.8) is 0 Å². The van der Waals surface area contributed by atoms with Crippen molar-refractivity contribution in [2.45, 2.75) is 52.0 Å². The predicted octanol–water partition coefficient (Wildman–Crippen LogP) is 4.04. The van der Waals surface area contributed by atoms with Crippen molar-refractivity contribution in [1.29, 1.82) is 0 Å². The van der Waals surface area contributed by atoms with Gasteiger partial charge in [-0.05, 0) is 59.9 Å². The lowest BCUT2D eigenvalue weighted by Gasteiger charge is -2.29. The first-order valence-corrected chi connectivity index (χ1v) is 8.25. The molecular formula is C15H22BrN3. The standard InChI is InChI=1S/C15H22BrN3/c1-3-14-18-13(16)8-15(19-14)17-9(2)12-7-10-4-5-11(12)6-10/h8-12H,3-7H2,1-2H3,(H,17,18,19). The summed E-state index contributed by atoms with van der Waals surface area (Å²) in [6.07, 6.45) is 6.65. The monoisotopic (exact) mass is 323 g/mol. The molecule has 3 rings (SSSR count). The number of hydrogen-bond acceptors (Lipinski definition) is 3. The van der Waals surface area contributed by atoms with Gasteiger partial charge in [-0.3, -0.25) is 0 Å². The molecule has 0 aromatic carbocycles. The van der Waals surface area contributed by atoms with Crippen molar-refractivity contribution in [3.8, 4) is 0 Å². The number of nitrogens with one attached hydrogen (secondary N) is 1. The number of hydrogen-bond donors (Lipinski definition) is 1. The van der Waals surface area contributed by atoms with E-state index in [0.29, 0.717) is 6.04 Å². The average Bonchev–Trinajstić information content (AvgIpc) is 3.00. The van der Waals surface area contributed by atoms with Crippen molar-refractivity contribution in [3.05, 3.63) is 16.5 Å². The van der Waals surface area contributed by atoms with Crippen molar-refractivity contribution in [1.82, 2.24) is 9.97 Å². The zero-order valence-electron chi connectivity index (χ0n) is 11.7. The van der Waals surface area contributed by atoms with Crippen LogP contribution in [0.2, 0.25) is 0 Å². The van der Waals surface area contributed by atoms with Gasteiger partial charge >= 0.3 is 0 Å². The molecule has 19 heavy (non-hydrogen) atoms. The third kappa shape index (κ3) is 2.78. The maximum Gasteiger partial charge on any atom is 0.131 e. The van der Waals surface area contributed by atoms with E-state index in [1.807, 2.05) is 6.07 Å². The second-order valence-electron chi connectivity index (χ2n) is 6.12. The van der Waals surface area contributed by atoms with Gasteiger partial charge in [0, 0.05) is 18.5 Å². The molecule has 1 N–H and O–H groups in total. The summed E-state index contributed by atoms with van der Waals surface area (Å²) >= 11 is 3.47. The number of fused-ring (bicyclic) bond motifs is 2. The molecule has 2 saturated carbocycles. The first kappa shape index (κ1) is 13.3. The first-order valence-electron chi connectivity index (χ1n) is 7.45. The van der Waals surface area contributed by atoms with Crippen LogP contribution < -0.4 is 5.32 Å². The molecule has 3 nitrogen and oxygen atoms in total. The van der Waals surface area contributed by atoms with Gasteiger partial charge in [-0.2, -0.15) is 0 Å². The van der Waals surface area contributed by atoms with Crippen LogP contribution in [0.3, 0.4) is 0 Å². The van der Waals surface area contributed by atoms with E-state index in [2.05, 4.69) is 45.1 Å². The van der Waals surface area contributed by atoms with Crippen LogP contribution >= 0.6 is 15.9 Å². The van der Waals surface area contributed by atoms with Gasteiger partial charge in [0.2, 0.25) is 0 Å². The van der Waals surface area contributed by atoms with E-state index in [4.69, 9.17) is 0 Å². The molecule has 2 aliphatic rings. The van der Waals surface area contributed by atoms with E-state index in [0.717, 1.165) is 40.4 Å². The Balaban J connectivity index is 1.69. The number of aryl methyl sites for hydroxylation is 1. The lowest BCUT2D eigenvalue weighted by Crippen LogP contribution is -2.30. The van der Waals surface area contributed by atoms with E-state index in [-0.39, 0.29) is 0 Å². The van der Waals surface area contributed by atoms with Gasteiger partial charge in [-0.1, -0.05) is 13.3 Å². The molecule has 2 bridgehead atoms. The minimum atomic E-state index is 0.516. The topological polar surface area (TPSA) is 37.8 Å². The minimum absolute atomic E-state index is 0.516. The van der Waals surface area contributed by atoms with Crippen molar-refractivity contribution >= 4 is 21.7 Å². The molecule has 0 spiro atoms. The maximum absolute atomic E-state index is 4.57. The summed E-state index contributed by atoms with van der Waals surface area (Å²) in [6, 6.07) is 2.50. The Hall–Kier alpha value is -0.640. The number of aromatic nitrogens is 2. The van der Waals surface area contributed by atoms with Crippen LogP contribution in [0.4, 0.5) is 5.82 Å². The molecule has 0 radical (unpaired) electrons. The highest BCUT2D eigenvalue weighted by atomic mass is 79.9. The zero-order chi connectivity index (χ0) is 13.4. The predicted molar refractivity (Wildman–Crippen MR) is 81.1 cm³/mol. The molecular weight excluding hydrogens is 302 g/mol. The van der Waals surface area contributed by atoms with Crippen LogP contribution in [0, 0.1) is 17.8 Å². The smallest absolute Gasteiger partial charge is 0.131 e. The Morgan fingerprint density at radius 1 is 1.37 bits per heavy atom. The summed E-state index contributed by atoms with van der Waals surface area (Å²) in [7, 11) is 0. The lowest BCUT2D eigenvalue weighted by molar-refractivity contribution is 0.304. The summed E-state index contributed by atoms with van der Waals surface area (Å²) in [5, 5.41) is 3.60. The number of nitrogens with zero attached hydrogens (tertiary/aromatic N) is 2. The van der Waals surface area contributed by atoms with Gasteiger partial charge in [0.25, 0.3) is 0 Å². The molecule has 4 unspecified atom stereocenters. The SMILES string of the molecule is CCc1nc(Br)cc(NC(C)C2CC3CCC2C3)n1. The van der Waals surface area contributed by atoms with E-state index in [1.165, 1.54) is 25.7 Å². The summed E-state index contributed by atoms with van der Waals surface area (Å²) in [5.74, 6) is 4.65. The Bertz CT molecular complexity index is 463. The van der Waals surface area contributed by atoms with Crippen molar-refractivity contribution in [2.75, 3.05) is 5.32 Å². The average molecular weight is 324 g/mol. The van der Waals surface area contributed by atoms with Gasteiger partial charge in [0.05, 0.1) is 0 Å². The lowest BCUT2D eigenvalue weighted by atomic mass is 9.84. The second kappa shape index (κ2) is 5.39. The molecule has 0 amide bonds. The van der Waals surface area contributed by atoms with Crippen LogP contribution in [0.25, 0.3) is 0 Å². The van der Waals surface area contributed by atoms with Crippen LogP contribution in [-0.2, 0) is 6.42 Å². The van der Waals surface area contributed by atoms with Crippen molar-refractivity contribution in [2.24, 2.45) is 17.8 Å². The zero-order valence-corrected chi connectivity index (χ0v) is 13.3. The molecule has 2 fully saturated rings. The van der Waals surface area contributed by atoms with Crippen LogP contribution in [-0.4, -0.2) is 16.0 Å². The Morgan fingerprint density at radius 3 is 2.84 bits per heavy atom. The van der Waals surface area contributed by atoms with Crippen LogP contribution in [0.15, 0.2) is 10.7 Å². The molecule has 1 heterocycles. The molecule has 0 aliphatic heterocycles. The maximum atomic E-state index is 4.57. The molecule has 1 aromatic heterocycles. The highest BCUT2D eigenvalue weighted by Gasteiger charge is 2.41. The van der Waals surface area contributed by atoms with E-state index >= 15 is 0 Å². The van der Waals surface area contributed by atoms with E-state index in [1.54, 1.807) is 0 Å². The highest BCUT2D eigenvalue weighted by Crippen LogP contribution is 2.49. The third-order valence-corrected chi connectivity index (χ3v) is 5.27. The highest BCUT2D eigenvalue weighted by molar-refractivity contribution is 9.10. The number of rotatable bonds is 4. The summed E-state index contributed by atoms with van der Waals surface area (Å²) in [4.78, 5) is 8.93. The summed E-state index contributed by atoms with van der Waals surface area (Å²) < 4.78 is 0.877. The van der Waals surface area contributed by atoms with Gasteiger partial charge in [0.1, 0.15) is 16.2 Å². The fraction of sp³-hybridized carbons (Fsp3) is 0.733. The second-order valence-corrected chi connectivity index (χ2v) is 6.93. The van der Waals surface area contributed by atoms with Gasteiger partial charge in [-0.15, -0.1) is 0 Å². The van der Waals surface area contributed by atoms with Gasteiger partial charge in [0.15, 0.2) is 0 Å². The normalized spacial score (nSPS) is 30.6. The number of halogens is 1. The van der Waals surface area contributed by atoms with Crippen molar-refractivity contribution < 1.29 is 0 Å². The number of anilines is 1. The van der Waals surface area contributed by atoms with Gasteiger partial charge in [-0.25, -0.2) is 9.97 Å². The molecule has 2 aliphatic carbocycles. The molecule has 104 valence electrons.